The van der Waals surface area contributed by atoms with Crippen molar-refractivity contribution in [2.45, 2.75) is 6.42 Å². The van der Waals surface area contributed by atoms with Gasteiger partial charge in [-0.05, 0) is 18.6 Å². The molecule has 0 N–H and O–H groups in total. The molecule has 7 nitrogen and oxygen atoms in total. The molecule has 2 aromatic heterocycles. The van der Waals surface area contributed by atoms with Gasteiger partial charge in [0.2, 0.25) is 5.65 Å². The Bertz CT molecular complexity index is 606. The molecular formula is C14H19N5O2. The summed E-state index contributed by atoms with van der Waals surface area (Å²) in [5, 5.41) is 0. The van der Waals surface area contributed by atoms with E-state index in [1.807, 2.05) is 17.0 Å². The fourth-order valence-electron chi connectivity index (χ4n) is 2.48. The van der Waals surface area contributed by atoms with Gasteiger partial charge in [0.1, 0.15) is 0 Å². The molecule has 7 heteroatoms. The highest BCUT2D eigenvalue weighted by Gasteiger charge is 2.22. The van der Waals surface area contributed by atoms with E-state index < -0.39 is 0 Å². The molecule has 112 valence electrons. The number of amides is 2. The van der Waals surface area contributed by atoms with E-state index in [4.69, 9.17) is 4.42 Å². The van der Waals surface area contributed by atoms with Crippen LogP contribution in [0.4, 0.5) is 10.8 Å². The normalized spacial score (nSPS) is 16.1. The second kappa shape index (κ2) is 5.59. The van der Waals surface area contributed by atoms with Gasteiger partial charge in [0.25, 0.3) is 6.01 Å². The van der Waals surface area contributed by atoms with Gasteiger partial charge >= 0.3 is 6.03 Å². The minimum atomic E-state index is 0.0519. The van der Waals surface area contributed by atoms with Crippen LogP contribution in [0.15, 0.2) is 22.7 Å². The number of carbonyl (C=O) groups is 1. The predicted octanol–water partition coefficient (Wildman–Crippen LogP) is 1.42. The molecule has 3 rings (SSSR count). The smallest absolute Gasteiger partial charge is 0.319 e. The van der Waals surface area contributed by atoms with Crippen LogP contribution >= 0.6 is 0 Å². The van der Waals surface area contributed by atoms with Gasteiger partial charge in [-0.2, -0.15) is 4.98 Å². The van der Waals surface area contributed by atoms with Crippen LogP contribution in [0.3, 0.4) is 0 Å². The summed E-state index contributed by atoms with van der Waals surface area (Å²) in [5.41, 5.74) is 1.32. The van der Waals surface area contributed by atoms with Crippen molar-refractivity contribution < 1.29 is 9.21 Å². The average Bonchev–Trinajstić information content (AvgIpc) is 2.76. The highest BCUT2D eigenvalue weighted by atomic mass is 16.4. The number of aromatic nitrogens is 2. The van der Waals surface area contributed by atoms with Crippen LogP contribution in [0.25, 0.3) is 11.2 Å². The Morgan fingerprint density at radius 3 is 2.90 bits per heavy atom. The number of pyridine rings is 1. The Hall–Kier alpha value is -2.31. The third-order valence-corrected chi connectivity index (χ3v) is 3.57. The first-order valence-corrected chi connectivity index (χ1v) is 7.08. The standard InChI is InChI=1S/C14H19N5O2/c1-17(2)14(20)19-8-4-7-18(9-10-19)13-16-12-11(21-13)5-3-6-15-12/h3,5-6H,4,7-10H2,1-2H3. The minimum Gasteiger partial charge on any atom is -0.422 e. The summed E-state index contributed by atoms with van der Waals surface area (Å²) in [7, 11) is 3.55. The van der Waals surface area contributed by atoms with Gasteiger partial charge in [0.15, 0.2) is 5.58 Å². The van der Waals surface area contributed by atoms with Gasteiger partial charge in [-0.15, -0.1) is 0 Å². The van der Waals surface area contributed by atoms with E-state index in [0.717, 1.165) is 19.5 Å². The molecule has 0 aliphatic carbocycles. The predicted molar refractivity (Wildman–Crippen MR) is 79.3 cm³/mol. The highest BCUT2D eigenvalue weighted by molar-refractivity contribution is 5.74. The molecule has 0 saturated carbocycles. The van der Waals surface area contributed by atoms with Crippen LogP contribution in [-0.2, 0) is 0 Å². The summed E-state index contributed by atoms with van der Waals surface area (Å²) in [6.07, 6.45) is 2.60. The van der Waals surface area contributed by atoms with Gasteiger partial charge in [0.05, 0.1) is 0 Å². The fraction of sp³-hybridized carbons (Fsp3) is 0.500. The van der Waals surface area contributed by atoms with Crippen LogP contribution in [0.1, 0.15) is 6.42 Å². The lowest BCUT2D eigenvalue weighted by Crippen LogP contribution is -2.41. The van der Waals surface area contributed by atoms with E-state index in [2.05, 4.69) is 14.9 Å². The summed E-state index contributed by atoms with van der Waals surface area (Å²) < 4.78 is 5.74. The first-order valence-electron chi connectivity index (χ1n) is 7.08. The maximum Gasteiger partial charge on any atom is 0.319 e. The van der Waals surface area contributed by atoms with Crippen LogP contribution in [0.2, 0.25) is 0 Å². The quantitative estimate of drug-likeness (QED) is 0.794. The zero-order valence-electron chi connectivity index (χ0n) is 12.3. The zero-order chi connectivity index (χ0) is 14.8. The number of fused-ring (bicyclic) bond motifs is 1. The SMILES string of the molecule is CN(C)C(=O)N1CCCN(c2nc3ncccc3o2)CC1. The Morgan fingerprint density at radius 1 is 1.29 bits per heavy atom. The van der Waals surface area contributed by atoms with Crippen molar-refractivity contribution in [3.63, 3.8) is 0 Å². The molecule has 2 aromatic rings. The first-order chi connectivity index (χ1) is 10.1. The highest BCUT2D eigenvalue weighted by Crippen LogP contribution is 2.21. The van der Waals surface area contributed by atoms with Gasteiger partial charge in [-0.3, -0.25) is 0 Å². The summed E-state index contributed by atoms with van der Waals surface area (Å²) >= 11 is 0. The molecule has 0 radical (unpaired) electrons. The van der Waals surface area contributed by atoms with E-state index in [1.165, 1.54) is 0 Å². The third kappa shape index (κ3) is 2.76. The molecule has 0 atom stereocenters. The number of nitrogens with zero attached hydrogens (tertiary/aromatic N) is 5. The molecule has 1 saturated heterocycles. The van der Waals surface area contributed by atoms with Crippen molar-refractivity contribution in [3.05, 3.63) is 18.3 Å². The first kappa shape index (κ1) is 13.7. The number of carbonyl (C=O) groups excluding carboxylic acids is 1. The second-order valence-corrected chi connectivity index (χ2v) is 5.33. The van der Waals surface area contributed by atoms with Crippen molar-refractivity contribution in [1.29, 1.82) is 0 Å². The van der Waals surface area contributed by atoms with E-state index in [1.54, 1.807) is 25.2 Å². The van der Waals surface area contributed by atoms with Crippen molar-refractivity contribution in [2.24, 2.45) is 0 Å². The number of hydrogen-bond donors (Lipinski definition) is 0. The van der Waals surface area contributed by atoms with Crippen molar-refractivity contribution in [1.82, 2.24) is 19.8 Å². The van der Waals surface area contributed by atoms with Gasteiger partial charge in [-0.25, -0.2) is 9.78 Å². The van der Waals surface area contributed by atoms with Crippen molar-refractivity contribution in [2.75, 3.05) is 45.2 Å². The van der Waals surface area contributed by atoms with Gasteiger partial charge in [-0.1, -0.05) is 0 Å². The number of urea groups is 1. The number of anilines is 1. The van der Waals surface area contributed by atoms with Crippen LogP contribution < -0.4 is 4.90 Å². The average molecular weight is 289 g/mol. The van der Waals surface area contributed by atoms with Crippen LogP contribution in [0.5, 0.6) is 0 Å². The van der Waals surface area contributed by atoms with E-state index in [-0.39, 0.29) is 6.03 Å². The topological polar surface area (TPSA) is 65.7 Å². The molecule has 1 aliphatic rings. The summed E-state index contributed by atoms with van der Waals surface area (Å²) in [6, 6.07) is 4.33. The van der Waals surface area contributed by atoms with E-state index in [0.29, 0.717) is 30.3 Å². The van der Waals surface area contributed by atoms with Crippen LogP contribution in [0, 0.1) is 0 Å². The fourth-order valence-corrected chi connectivity index (χ4v) is 2.48. The molecule has 0 aromatic carbocycles. The van der Waals surface area contributed by atoms with Gasteiger partial charge in [0, 0.05) is 46.5 Å². The Kier molecular flexibility index (Phi) is 3.64. The summed E-state index contributed by atoms with van der Waals surface area (Å²) in [5.74, 6) is 0. The molecule has 0 unspecified atom stereocenters. The monoisotopic (exact) mass is 289 g/mol. The van der Waals surface area contributed by atoms with Crippen LogP contribution in [-0.4, -0.2) is 66.1 Å². The third-order valence-electron chi connectivity index (χ3n) is 3.57. The molecule has 2 amide bonds. The molecule has 3 heterocycles. The lowest BCUT2D eigenvalue weighted by atomic mass is 10.4. The Balaban J connectivity index is 1.74. The lowest BCUT2D eigenvalue weighted by molar-refractivity contribution is 0.174. The van der Waals surface area contributed by atoms with Gasteiger partial charge < -0.3 is 19.1 Å². The van der Waals surface area contributed by atoms with Crippen molar-refractivity contribution in [3.8, 4) is 0 Å². The molecule has 1 fully saturated rings. The molecule has 21 heavy (non-hydrogen) atoms. The maximum atomic E-state index is 12.0. The zero-order valence-corrected chi connectivity index (χ0v) is 12.3. The largest absolute Gasteiger partial charge is 0.422 e. The molecule has 1 aliphatic heterocycles. The van der Waals surface area contributed by atoms with E-state index in [9.17, 15) is 4.79 Å². The minimum absolute atomic E-state index is 0.0519. The number of hydrogen-bond acceptors (Lipinski definition) is 5. The lowest BCUT2D eigenvalue weighted by Gasteiger charge is -2.24. The number of rotatable bonds is 1. The summed E-state index contributed by atoms with van der Waals surface area (Å²) in [4.78, 5) is 26.2. The van der Waals surface area contributed by atoms with Crippen molar-refractivity contribution >= 4 is 23.3 Å². The Morgan fingerprint density at radius 2 is 2.14 bits per heavy atom. The second-order valence-electron chi connectivity index (χ2n) is 5.33. The number of oxazole rings is 1. The maximum absolute atomic E-state index is 12.0. The Labute approximate surface area is 123 Å². The van der Waals surface area contributed by atoms with E-state index >= 15 is 0 Å². The summed E-state index contributed by atoms with van der Waals surface area (Å²) in [6.45, 7) is 2.96. The molecule has 0 bridgehead atoms. The molecular weight excluding hydrogens is 270 g/mol. The molecule has 0 spiro atoms.